The van der Waals surface area contributed by atoms with Crippen molar-refractivity contribution in [1.29, 1.82) is 0 Å². The number of carboxylic acids is 1. The monoisotopic (exact) mass is 286 g/mol. The van der Waals surface area contributed by atoms with Gasteiger partial charge in [0.1, 0.15) is 0 Å². The predicted octanol–water partition coefficient (Wildman–Crippen LogP) is 3.09. The molecule has 1 N–H and O–H groups in total. The van der Waals surface area contributed by atoms with Gasteiger partial charge in [0.05, 0.1) is 12.0 Å². The van der Waals surface area contributed by atoms with Crippen molar-refractivity contribution in [3.63, 3.8) is 0 Å². The van der Waals surface area contributed by atoms with Gasteiger partial charge in [0.15, 0.2) is 0 Å². The average molecular weight is 286 g/mol. The molecule has 3 aromatic rings. The number of thiophene rings is 1. The smallest absolute Gasteiger partial charge is 0.335 e. The van der Waals surface area contributed by atoms with Gasteiger partial charge in [-0.15, -0.1) is 21.5 Å². The molecule has 6 heteroatoms. The van der Waals surface area contributed by atoms with E-state index in [0.29, 0.717) is 23.8 Å². The molecule has 2 aromatic heterocycles. The second kappa shape index (κ2) is 5.26. The molecule has 0 radical (unpaired) electrons. The van der Waals surface area contributed by atoms with Crippen molar-refractivity contribution in [1.82, 2.24) is 10.2 Å². The third-order valence-corrected chi connectivity index (χ3v) is 3.63. The fraction of sp³-hybridized carbons (Fsp3) is 0.0714. The molecule has 0 saturated carbocycles. The van der Waals surface area contributed by atoms with E-state index < -0.39 is 5.97 Å². The number of carboxylic acid groups (broad SMARTS) is 1. The van der Waals surface area contributed by atoms with E-state index in [0.717, 1.165) is 4.88 Å². The SMILES string of the molecule is O=C(O)c1ccc(-c2nnc(Cc3cccs3)o2)cc1. The van der Waals surface area contributed by atoms with Crippen LogP contribution < -0.4 is 0 Å². The lowest BCUT2D eigenvalue weighted by Gasteiger charge is -1.96. The number of hydrogen-bond donors (Lipinski definition) is 1. The van der Waals surface area contributed by atoms with Crippen molar-refractivity contribution in [3.05, 3.63) is 58.1 Å². The highest BCUT2D eigenvalue weighted by atomic mass is 32.1. The summed E-state index contributed by atoms with van der Waals surface area (Å²) < 4.78 is 5.58. The zero-order valence-corrected chi connectivity index (χ0v) is 11.1. The first-order valence-corrected chi connectivity index (χ1v) is 6.79. The molecule has 0 aliphatic carbocycles. The summed E-state index contributed by atoms with van der Waals surface area (Å²) in [7, 11) is 0. The largest absolute Gasteiger partial charge is 0.478 e. The summed E-state index contributed by atoms with van der Waals surface area (Å²) in [5.41, 5.74) is 0.937. The van der Waals surface area contributed by atoms with Crippen LogP contribution in [-0.2, 0) is 6.42 Å². The maximum absolute atomic E-state index is 10.8. The Bertz CT molecular complexity index is 717. The minimum atomic E-state index is -0.958. The summed E-state index contributed by atoms with van der Waals surface area (Å²) in [5.74, 6) is -0.0151. The minimum absolute atomic E-state index is 0.229. The number of aromatic carboxylic acids is 1. The van der Waals surface area contributed by atoms with Crippen LogP contribution in [0.2, 0.25) is 0 Å². The van der Waals surface area contributed by atoms with Gasteiger partial charge in [0.25, 0.3) is 0 Å². The van der Waals surface area contributed by atoms with Crippen molar-refractivity contribution in [2.24, 2.45) is 0 Å². The van der Waals surface area contributed by atoms with Crippen LogP contribution >= 0.6 is 11.3 Å². The molecule has 2 heterocycles. The number of carbonyl (C=O) groups is 1. The maximum Gasteiger partial charge on any atom is 0.335 e. The van der Waals surface area contributed by atoms with Crippen molar-refractivity contribution >= 4 is 17.3 Å². The third kappa shape index (κ3) is 2.60. The fourth-order valence-corrected chi connectivity index (χ4v) is 2.46. The molecule has 0 aliphatic rings. The van der Waals surface area contributed by atoms with Gasteiger partial charge in [-0.3, -0.25) is 0 Å². The lowest BCUT2D eigenvalue weighted by Crippen LogP contribution is -1.94. The highest BCUT2D eigenvalue weighted by molar-refractivity contribution is 7.09. The van der Waals surface area contributed by atoms with Crippen molar-refractivity contribution in [2.45, 2.75) is 6.42 Å². The van der Waals surface area contributed by atoms with Crippen LogP contribution in [0.1, 0.15) is 21.1 Å². The molecular weight excluding hydrogens is 276 g/mol. The molecule has 0 amide bonds. The molecule has 0 bridgehead atoms. The molecule has 0 saturated heterocycles. The van der Waals surface area contributed by atoms with E-state index >= 15 is 0 Å². The molecule has 0 unspecified atom stereocenters. The van der Waals surface area contributed by atoms with Crippen LogP contribution in [0.15, 0.2) is 46.2 Å². The Balaban J connectivity index is 1.80. The van der Waals surface area contributed by atoms with Gasteiger partial charge >= 0.3 is 5.97 Å². The van der Waals surface area contributed by atoms with Crippen molar-refractivity contribution < 1.29 is 14.3 Å². The van der Waals surface area contributed by atoms with Crippen LogP contribution in [-0.4, -0.2) is 21.3 Å². The van der Waals surface area contributed by atoms with Crippen LogP contribution in [0, 0.1) is 0 Å². The van der Waals surface area contributed by atoms with E-state index in [-0.39, 0.29) is 5.56 Å². The number of hydrogen-bond acceptors (Lipinski definition) is 5. The minimum Gasteiger partial charge on any atom is -0.478 e. The quantitative estimate of drug-likeness (QED) is 0.797. The molecule has 0 spiro atoms. The first kappa shape index (κ1) is 12.6. The van der Waals surface area contributed by atoms with Crippen LogP contribution in [0.5, 0.6) is 0 Å². The Morgan fingerprint density at radius 3 is 2.65 bits per heavy atom. The summed E-state index contributed by atoms with van der Waals surface area (Å²) in [6.07, 6.45) is 0.609. The second-order valence-electron chi connectivity index (χ2n) is 4.14. The number of nitrogens with zero attached hydrogens (tertiary/aromatic N) is 2. The summed E-state index contributed by atoms with van der Waals surface area (Å²) >= 11 is 1.63. The van der Waals surface area contributed by atoms with Gasteiger partial charge in [0, 0.05) is 10.4 Å². The number of aromatic nitrogens is 2. The van der Waals surface area contributed by atoms with Crippen molar-refractivity contribution in [2.75, 3.05) is 0 Å². The maximum atomic E-state index is 10.8. The topological polar surface area (TPSA) is 76.2 Å². The number of rotatable bonds is 4. The molecule has 0 atom stereocenters. The van der Waals surface area contributed by atoms with Gasteiger partial charge < -0.3 is 9.52 Å². The normalized spacial score (nSPS) is 10.6. The van der Waals surface area contributed by atoms with Gasteiger partial charge in [-0.25, -0.2) is 4.79 Å². The van der Waals surface area contributed by atoms with E-state index in [1.807, 2.05) is 17.5 Å². The molecule has 5 nitrogen and oxygen atoms in total. The Morgan fingerprint density at radius 2 is 2.00 bits per heavy atom. The average Bonchev–Trinajstić information content (AvgIpc) is 3.11. The van der Waals surface area contributed by atoms with Gasteiger partial charge in [-0.1, -0.05) is 6.07 Å². The van der Waals surface area contributed by atoms with Gasteiger partial charge in [-0.2, -0.15) is 0 Å². The lowest BCUT2D eigenvalue weighted by atomic mass is 10.1. The summed E-state index contributed by atoms with van der Waals surface area (Å²) in [5, 5.41) is 18.8. The van der Waals surface area contributed by atoms with Gasteiger partial charge in [-0.05, 0) is 35.7 Å². The zero-order valence-electron chi connectivity index (χ0n) is 10.3. The van der Waals surface area contributed by atoms with Gasteiger partial charge in [0.2, 0.25) is 11.8 Å². The van der Waals surface area contributed by atoms with Crippen molar-refractivity contribution in [3.8, 4) is 11.5 Å². The standard InChI is InChI=1S/C14H10N2O3S/c17-14(18)10-5-3-9(4-6-10)13-16-15-12(19-13)8-11-2-1-7-20-11/h1-7H,8H2,(H,17,18). The Morgan fingerprint density at radius 1 is 1.20 bits per heavy atom. The highest BCUT2D eigenvalue weighted by Gasteiger charge is 2.10. The predicted molar refractivity (Wildman–Crippen MR) is 73.8 cm³/mol. The molecule has 0 aliphatic heterocycles. The summed E-state index contributed by atoms with van der Waals surface area (Å²) in [6, 6.07) is 10.3. The zero-order chi connectivity index (χ0) is 13.9. The van der Waals surface area contributed by atoms with E-state index in [1.165, 1.54) is 12.1 Å². The Hall–Kier alpha value is -2.47. The van der Waals surface area contributed by atoms with Crippen LogP contribution in [0.3, 0.4) is 0 Å². The molecule has 3 rings (SSSR count). The Kier molecular flexibility index (Phi) is 3.30. The lowest BCUT2D eigenvalue weighted by molar-refractivity contribution is 0.0697. The van der Waals surface area contributed by atoms with E-state index in [1.54, 1.807) is 23.5 Å². The summed E-state index contributed by atoms with van der Waals surface area (Å²) in [4.78, 5) is 11.9. The summed E-state index contributed by atoms with van der Waals surface area (Å²) in [6.45, 7) is 0. The van der Waals surface area contributed by atoms with E-state index in [4.69, 9.17) is 9.52 Å². The van der Waals surface area contributed by atoms with E-state index in [9.17, 15) is 4.79 Å². The van der Waals surface area contributed by atoms with Crippen LogP contribution in [0.4, 0.5) is 0 Å². The van der Waals surface area contributed by atoms with Crippen LogP contribution in [0.25, 0.3) is 11.5 Å². The Labute approximate surface area is 118 Å². The highest BCUT2D eigenvalue weighted by Crippen LogP contribution is 2.20. The third-order valence-electron chi connectivity index (χ3n) is 2.75. The molecular formula is C14H10N2O3S. The molecule has 0 fully saturated rings. The molecule has 1 aromatic carbocycles. The number of benzene rings is 1. The second-order valence-corrected chi connectivity index (χ2v) is 5.17. The fourth-order valence-electron chi connectivity index (χ4n) is 1.76. The first-order valence-electron chi connectivity index (χ1n) is 5.91. The van der Waals surface area contributed by atoms with E-state index in [2.05, 4.69) is 10.2 Å². The molecule has 20 heavy (non-hydrogen) atoms. The first-order chi connectivity index (χ1) is 9.72. The molecule has 100 valence electrons.